The first kappa shape index (κ1) is 15.8. The van der Waals surface area contributed by atoms with Crippen molar-refractivity contribution in [3.8, 4) is 0 Å². The number of thioether (sulfide) groups is 2. The highest BCUT2D eigenvalue weighted by molar-refractivity contribution is 8.06. The lowest BCUT2D eigenvalue weighted by Gasteiger charge is -2.30. The summed E-state index contributed by atoms with van der Waals surface area (Å²) in [5.41, 5.74) is 1.15. The molecule has 0 amide bonds. The number of hydrogen-bond donors (Lipinski definition) is 1. The molecule has 0 saturated carbocycles. The molecule has 106 valence electrons. The minimum Gasteiger partial charge on any atom is -0.313 e. The number of halogens is 2. The van der Waals surface area contributed by atoms with Crippen LogP contribution >= 0.6 is 46.7 Å². The lowest BCUT2D eigenvalue weighted by atomic mass is 10.0. The van der Waals surface area contributed by atoms with Crippen molar-refractivity contribution >= 4 is 46.7 Å². The van der Waals surface area contributed by atoms with Crippen LogP contribution in [-0.2, 0) is 6.42 Å². The highest BCUT2D eigenvalue weighted by atomic mass is 35.5. The van der Waals surface area contributed by atoms with Gasteiger partial charge >= 0.3 is 0 Å². The largest absolute Gasteiger partial charge is 0.313 e. The molecule has 5 heteroatoms. The average Bonchev–Trinajstić information content (AvgIpc) is 2.43. The van der Waals surface area contributed by atoms with Crippen LogP contribution in [0.3, 0.4) is 0 Å². The zero-order valence-electron chi connectivity index (χ0n) is 11.0. The highest BCUT2D eigenvalue weighted by Gasteiger charge is 2.24. The van der Waals surface area contributed by atoms with E-state index < -0.39 is 0 Å². The molecule has 1 aliphatic rings. The molecule has 1 aliphatic heterocycles. The third-order valence-electron chi connectivity index (χ3n) is 3.20. The average molecular weight is 336 g/mol. The summed E-state index contributed by atoms with van der Waals surface area (Å²) in [6.45, 7) is 3.15. The first-order valence-corrected chi connectivity index (χ1v) is 9.53. The van der Waals surface area contributed by atoms with E-state index in [0.29, 0.717) is 11.3 Å². The monoisotopic (exact) mass is 335 g/mol. The van der Waals surface area contributed by atoms with Gasteiger partial charge in [-0.3, -0.25) is 0 Å². The molecule has 1 saturated heterocycles. The molecule has 2 atom stereocenters. The second kappa shape index (κ2) is 8.04. The van der Waals surface area contributed by atoms with E-state index in [2.05, 4.69) is 35.8 Å². The summed E-state index contributed by atoms with van der Waals surface area (Å²) in [6, 6.07) is 6.21. The first-order valence-electron chi connectivity index (χ1n) is 6.57. The Morgan fingerprint density at radius 2 is 2.21 bits per heavy atom. The quantitative estimate of drug-likeness (QED) is 0.858. The summed E-state index contributed by atoms with van der Waals surface area (Å²) in [4.78, 5) is 0. The van der Waals surface area contributed by atoms with Crippen molar-refractivity contribution in [2.24, 2.45) is 0 Å². The minimum atomic E-state index is 0.471. The van der Waals surface area contributed by atoms with E-state index in [1.165, 1.54) is 17.3 Å². The van der Waals surface area contributed by atoms with Crippen molar-refractivity contribution in [3.63, 3.8) is 0 Å². The van der Waals surface area contributed by atoms with Crippen molar-refractivity contribution in [2.75, 3.05) is 23.8 Å². The molecule has 0 spiro atoms. The third-order valence-corrected chi connectivity index (χ3v) is 6.73. The summed E-state index contributed by atoms with van der Waals surface area (Å²) < 4.78 is 0. The van der Waals surface area contributed by atoms with Crippen LogP contribution in [0.15, 0.2) is 18.2 Å². The first-order chi connectivity index (χ1) is 9.20. The second-order valence-electron chi connectivity index (χ2n) is 4.59. The Bertz CT molecular complexity index is 408. The van der Waals surface area contributed by atoms with Gasteiger partial charge in [0.15, 0.2) is 0 Å². The maximum atomic E-state index is 6.28. The van der Waals surface area contributed by atoms with Gasteiger partial charge in [-0.25, -0.2) is 0 Å². The Morgan fingerprint density at radius 1 is 1.37 bits per heavy atom. The molecule has 2 unspecified atom stereocenters. The molecule has 0 aliphatic carbocycles. The number of hydrogen-bond acceptors (Lipinski definition) is 3. The standard InChI is InChI=1S/C14H19Cl2NS2/c1-2-17-13(14-9-18-5-6-19-14)8-10-7-11(15)3-4-12(10)16/h3-4,7,13-14,17H,2,5-6,8-9H2,1H3. The van der Waals surface area contributed by atoms with Gasteiger partial charge in [0, 0.05) is 38.6 Å². The molecule has 1 fully saturated rings. The highest BCUT2D eigenvalue weighted by Crippen LogP contribution is 2.29. The molecule has 0 aromatic heterocycles. The number of nitrogens with one attached hydrogen (secondary N) is 1. The second-order valence-corrected chi connectivity index (χ2v) is 7.93. The molecule has 1 aromatic carbocycles. The van der Waals surface area contributed by atoms with Crippen LogP contribution in [0.1, 0.15) is 12.5 Å². The van der Waals surface area contributed by atoms with Gasteiger partial charge in [-0.15, -0.1) is 0 Å². The van der Waals surface area contributed by atoms with Gasteiger partial charge in [-0.05, 0) is 36.7 Å². The van der Waals surface area contributed by atoms with Crippen molar-refractivity contribution in [1.29, 1.82) is 0 Å². The van der Waals surface area contributed by atoms with E-state index in [-0.39, 0.29) is 0 Å². The van der Waals surface area contributed by atoms with Gasteiger partial charge in [0.1, 0.15) is 0 Å². The maximum absolute atomic E-state index is 6.28. The van der Waals surface area contributed by atoms with Crippen molar-refractivity contribution in [3.05, 3.63) is 33.8 Å². The van der Waals surface area contributed by atoms with E-state index >= 15 is 0 Å². The molecular weight excluding hydrogens is 317 g/mol. The SMILES string of the molecule is CCNC(Cc1cc(Cl)ccc1Cl)C1CSCCS1. The van der Waals surface area contributed by atoms with Crippen molar-refractivity contribution in [2.45, 2.75) is 24.6 Å². The molecule has 1 nitrogen and oxygen atoms in total. The fourth-order valence-corrected chi connectivity index (χ4v) is 5.55. The Balaban J connectivity index is 2.08. The minimum absolute atomic E-state index is 0.471. The molecule has 2 rings (SSSR count). The normalized spacial score (nSPS) is 21.3. The molecule has 0 radical (unpaired) electrons. The van der Waals surface area contributed by atoms with Crippen LogP contribution in [0.2, 0.25) is 10.0 Å². The van der Waals surface area contributed by atoms with Gasteiger partial charge in [0.2, 0.25) is 0 Å². The molecular formula is C14H19Cl2NS2. The molecule has 1 aromatic rings. The number of likely N-dealkylation sites (N-methyl/N-ethyl adjacent to an activating group) is 1. The molecule has 19 heavy (non-hydrogen) atoms. The lowest BCUT2D eigenvalue weighted by molar-refractivity contribution is 0.522. The van der Waals surface area contributed by atoms with Crippen molar-refractivity contribution < 1.29 is 0 Å². The smallest absolute Gasteiger partial charge is 0.0439 e. The van der Waals surface area contributed by atoms with Gasteiger partial charge < -0.3 is 5.32 Å². The summed E-state index contributed by atoms with van der Waals surface area (Å²) in [6.07, 6.45) is 0.950. The maximum Gasteiger partial charge on any atom is 0.0439 e. The summed E-state index contributed by atoms with van der Waals surface area (Å²) in [5, 5.41) is 5.86. The Morgan fingerprint density at radius 3 is 2.89 bits per heavy atom. The Hall–Kier alpha value is 0.460. The van der Waals surface area contributed by atoms with Gasteiger partial charge in [0.05, 0.1) is 0 Å². The van der Waals surface area contributed by atoms with Gasteiger partial charge in [-0.2, -0.15) is 23.5 Å². The van der Waals surface area contributed by atoms with Crippen LogP contribution in [0, 0.1) is 0 Å². The summed E-state index contributed by atoms with van der Waals surface area (Å²) >= 11 is 16.5. The van der Waals surface area contributed by atoms with Gasteiger partial charge in [-0.1, -0.05) is 30.1 Å². The van der Waals surface area contributed by atoms with E-state index in [1.54, 1.807) is 0 Å². The van der Waals surface area contributed by atoms with E-state index in [9.17, 15) is 0 Å². The van der Waals surface area contributed by atoms with E-state index in [1.807, 2.05) is 18.2 Å². The molecule has 1 heterocycles. The van der Waals surface area contributed by atoms with Gasteiger partial charge in [0.25, 0.3) is 0 Å². The third kappa shape index (κ3) is 4.75. The van der Waals surface area contributed by atoms with Crippen LogP contribution in [-0.4, -0.2) is 35.1 Å². The Labute approximate surface area is 134 Å². The van der Waals surface area contributed by atoms with Crippen LogP contribution in [0.25, 0.3) is 0 Å². The summed E-state index contributed by atoms with van der Waals surface area (Å²) in [7, 11) is 0. The molecule has 0 bridgehead atoms. The predicted octanol–water partition coefficient (Wildman–Crippen LogP) is 4.36. The van der Waals surface area contributed by atoms with E-state index in [0.717, 1.165) is 28.6 Å². The predicted molar refractivity (Wildman–Crippen MR) is 91.2 cm³/mol. The molecule has 1 N–H and O–H groups in total. The number of benzene rings is 1. The van der Waals surface area contributed by atoms with Crippen LogP contribution in [0.4, 0.5) is 0 Å². The fourth-order valence-electron chi connectivity index (χ4n) is 2.27. The summed E-state index contributed by atoms with van der Waals surface area (Å²) in [5.74, 6) is 3.75. The fraction of sp³-hybridized carbons (Fsp3) is 0.571. The topological polar surface area (TPSA) is 12.0 Å². The zero-order chi connectivity index (χ0) is 13.7. The van der Waals surface area contributed by atoms with Crippen molar-refractivity contribution in [1.82, 2.24) is 5.32 Å². The Kier molecular flexibility index (Phi) is 6.70. The number of rotatable bonds is 5. The van der Waals surface area contributed by atoms with E-state index in [4.69, 9.17) is 23.2 Å². The van der Waals surface area contributed by atoms with Crippen LogP contribution in [0.5, 0.6) is 0 Å². The lowest BCUT2D eigenvalue weighted by Crippen LogP contribution is -2.42. The van der Waals surface area contributed by atoms with Crippen LogP contribution < -0.4 is 5.32 Å². The zero-order valence-corrected chi connectivity index (χ0v) is 14.1.